The van der Waals surface area contributed by atoms with Crippen LogP contribution in [-0.4, -0.2) is 90.0 Å². The largest absolute Gasteiger partial charge is 0.302 e. The molecule has 0 heterocycles. The number of carbonyl (C=O) groups is 2. The number of aryl methyl sites for hydroxylation is 3. The quantitative estimate of drug-likeness (QED) is 0.215. The summed E-state index contributed by atoms with van der Waals surface area (Å²) in [4.78, 5) is 22.7. The van der Waals surface area contributed by atoms with Crippen molar-refractivity contribution in [2.45, 2.75) is 35.5 Å². The Balaban J connectivity index is 1.95. The van der Waals surface area contributed by atoms with E-state index in [0.29, 0.717) is 12.6 Å². The second-order valence-electron chi connectivity index (χ2n) is 9.90. The van der Waals surface area contributed by atoms with Crippen molar-refractivity contribution in [1.29, 1.82) is 0 Å². The van der Waals surface area contributed by atoms with E-state index in [0.717, 1.165) is 29.6 Å². The zero-order valence-electron chi connectivity index (χ0n) is 24.2. The summed E-state index contributed by atoms with van der Waals surface area (Å²) in [5.74, 6) is 0. The molecule has 0 fully saturated rings. The highest BCUT2D eigenvalue weighted by Crippen LogP contribution is 2.21. The van der Waals surface area contributed by atoms with E-state index in [1.165, 1.54) is 36.4 Å². The van der Waals surface area contributed by atoms with Crippen LogP contribution in [-0.2, 0) is 39.7 Å². The second-order valence-corrected chi connectivity index (χ2v) is 15.7. The molecule has 0 aliphatic heterocycles. The number of sulfonamides is 3. The molecule has 0 radical (unpaired) electrons. The maximum Gasteiger partial charge on any atom is 0.243 e. The molecule has 3 rings (SSSR count). The minimum atomic E-state index is -4.26. The van der Waals surface area contributed by atoms with Gasteiger partial charge in [0.25, 0.3) is 0 Å². The summed E-state index contributed by atoms with van der Waals surface area (Å²) in [6.45, 7) is 2.76. The second kappa shape index (κ2) is 14.5. The van der Waals surface area contributed by atoms with Crippen molar-refractivity contribution in [2.75, 3.05) is 39.3 Å². The van der Waals surface area contributed by atoms with E-state index in [2.05, 4.69) is 0 Å². The Labute approximate surface area is 253 Å². The van der Waals surface area contributed by atoms with Crippen molar-refractivity contribution in [3.63, 3.8) is 0 Å². The molecule has 0 saturated carbocycles. The molecule has 0 aliphatic carbocycles. The zero-order chi connectivity index (χ0) is 31.8. The van der Waals surface area contributed by atoms with Crippen molar-refractivity contribution >= 4 is 42.6 Å². The molecule has 0 atom stereocenters. The van der Waals surface area contributed by atoms with Crippen molar-refractivity contribution in [3.05, 3.63) is 89.5 Å². The van der Waals surface area contributed by atoms with Gasteiger partial charge in [0.1, 0.15) is 12.6 Å². The predicted molar refractivity (Wildman–Crippen MR) is 162 cm³/mol. The van der Waals surface area contributed by atoms with E-state index in [4.69, 9.17) is 0 Å². The predicted octanol–water partition coefficient (Wildman–Crippen LogP) is 2.38. The van der Waals surface area contributed by atoms with Gasteiger partial charge in [0.05, 0.1) is 27.8 Å². The topological polar surface area (TPSA) is 146 Å². The summed E-state index contributed by atoms with van der Waals surface area (Å²) in [5, 5.41) is 0. The fourth-order valence-corrected chi connectivity index (χ4v) is 8.30. The van der Waals surface area contributed by atoms with Gasteiger partial charge in [0.2, 0.25) is 30.1 Å². The minimum absolute atomic E-state index is 0.0609. The first-order chi connectivity index (χ1) is 20.2. The lowest BCUT2D eigenvalue weighted by molar-refractivity contribution is -0.108. The molecule has 43 heavy (non-hydrogen) atoms. The van der Waals surface area contributed by atoms with E-state index in [1.54, 1.807) is 57.2 Å². The number of aldehydes is 2. The van der Waals surface area contributed by atoms with E-state index >= 15 is 0 Å². The van der Waals surface area contributed by atoms with Gasteiger partial charge in [-0.05, 0) is 57.2 Å². The number of benzene rings is 3. The molecular weight excluding hydrogens is 615 g/mol. The maximum atomic E-state index is 13.7. The lowest BCUT2D eigenvalue weighted by atomic mass is 10.2. The highest BCUT2D eigenvalue weighted by atomic mass is 32.2. The molecule has 3 aromatic rings. The number of nitrogens with zero attached hydrogens (tertiary/aromatic N) is 3. The highest BCUT2D eigenvalue weighted by molar-refractivity contribution is 7.89. The lowest BCUT2D eigenvalue weighted by Crippen LogP contribution is -2.45. The Hall–Kier alpha value is -3.27. The summed E-state index contributed by atoms with van der Waals surface area (Å²) in [6, 6.07) is 18.0. The van der Waals surface area contributed by atoms with Crippen LogP contribution in [0.4, 0.5) is 0 Å². The first-order valence-corrected chi connectivity index (χ1v) is 17.6. The summed E-state index contributed by atoms with van der Waals surface area (Å²) in [6.07, 6.45) is 0.815. The third-order valence-corrected chi connectivity index (χ3v) is 12.4. The van der Waals surface area contributed by atoms with Gasteiger partial charge in [0.15, 0.2) is 0 Å². The van der Waals surface area contributed by atoms with Gasteiger partial charge in [-0.25, -0.2) is 25.3 Å². The maximum absolute atomic E-state index is 13.7. The van der Waals surface area contributed by atoms with Crippen LogP contribution in [0.3, 0.4) is 0 Å². The van der Waals surface area contributed by atoms with Crippen molar-refractivity contribution in [2.24, 2.45) is 0 Å². The summed E-state index contributed by atoms with van der Waals surface area (Å²) >= 11 is 0. The van der Waals surface area contributed by atoms with Gasteiger partial charge in [-0.3, -0.25) is 0 Å². The molecule has 0 bridgehead atoms. The van der Waals surface area contributed by atoms with Gasteiger partial charge >= 0.3 is 0 Å². The number of hydrogen-bond donors (Lipinski definition) is 0. The van der Waals surface area contributed by atoms with Gasteiger partial charge < -0.3 is 9.59 Å². The molecule has 3 aromatic carbocycles. The number of rotatable bonds is 16. The van der Waals surface area contributed by atoms with E-state index < -0.39 is 69.3 Å². The van der Waals surface area contributed by atoms with Crippen molar-refractivity contribution in [3.8, 4) is 0 Å². The number of hydrogen-bond acceptors (Lipinski definition) is 8. The van der Waals surface area contributed by atoms with E-state index in [9.17, 15) is 34.8 Å². The molecule has 0 amide bonds. The van der Waals surface area contributed by atoms with E-state index in [-0.39, 0.29) is 14.7 Å². The molecular formula is C29H35N3O8S3. The fourth-order valence-electron chi connectivity index (χ4n) is 4.16. The fraction of sp³-hybridized carbons (Fsp3) is 0.310. The van der Waals surface area contributed by atoms with Gasteiger partial charge in [-0.15, -0.1) is 0 Å². The average Bonchev–Trinajstić information content (AvgIpc) is 2.96. The normalized spacial score (nSPS) is 12.6. The van der Waals surface area contributed by atoms with E-state index in [1.807, 2.05) is 0 Å². The molecule has 0 aromatic heterocycles. The summed E-state index contributed by atoms with van der Waals surface area (Å²) in [5.41, 5.74) is 2.47. The van der Waals surface area contributed by atoms with Crippen LogP contribution in [0, 0.1) is 20.8 Å². The minimum Gasteiger partial charge on any atom is -0.302 e. The standard InChI is InChI=1S/C29H35N3O8S3/c1-24-4-10-27(11-5-24)41(35,36)30(16-18-31(20-22-33)42(37,38)28-12-6-25(2)7-13-28)17-19-32(21-23-34)43(39,40)29-14-8-26(3)9-15-29/h4-15,22-23H,16-21H2,1-3H3. The van der Waals surface area contributed by atoms with Crippen molar-refractivity contribution < 1.29 is 34.8 Å². The molecule has 0 unspecified atom stereocenters. The molecule has 0 aliphatic rings. The highest BCUT2D eigenvalue weighted by Gasteiger charge is 2.31. The van der Waals surface area contributed by atoms with Crippen LogP contribution < -0.4 is 0 Å². The van der Waals surface area contributed by atoms with Crippen LogP contribution in [0.25, 0.3) is 0 Å². The molecule has 232 valence electrons. The molecule has 14 heteroatoms. The SMILES string of the molecule is Cc1ccc(S(=O)(=O)N(CC=O)CCN(CCN(CC=O)S(=O)(=O)c2ccc(C)cc2)S(=O)(=O)c2ccc(C)cc2)cc1. The van der Waals surface area contributed by atoms with Crippen molar-refractivity contribution in [1.82, 2.24) is 12.9 Å². The zero-order valence-corrected chi connectivity index (χ0v) is 26.6. The van der Waals surface area contributed by atoms with Crippen LogP contribution in [0.2, 0.25) is 0 Å². The Bertz CT molecular complexity index is 1630. The summed E-state index contributed by atoms with van der Waals surface area (Å²) in [7, 11) is -12.6. The van der Waals surface area contributed by atoms with Gasteiger partial charge in [-0.2, -0.15) is 12.9 Å². The number of carbonyl (C=O) groups excluding carboxylic acids is 2. The third kappa shape index (κ3) is 8.43. The smallest absolute Gasteiger partial charge is 0.243 e. The van der Waals surface area contributed by atoms with Gasteiger partial charge in [0, 0.05) is 26.2 Å². The average molecular weight is 650 g/mol. The molecule has 0 spiro atoms. The Morgan fingerprint density at radius 2 is 0.674 bits per heavy atom. The van der Waals surface area contributed by atoms with Crippen LogP contribution in [0.5, 0.6) is 0 Å². The van der Waals surface area contributed by atoms with Crippen LogP contribution >= 0.6 is 0 Å². The van der Waals surface area contributed by atoms with Gasteiger partial charge in [-0.1, -0.05) is 53.1 Å². The Morgan fingerprint density at radius 3 is 0.930 bits per heavy atom. The molecule has 0 N–H and O–H groups in total. The van der Waals surface area contributed by atoms with Crippen LogP contribution in [0.15, 0.2) is 87.5 Å². The van der Waals surface area contributed by atoms with Crippen LogP contribution in [0.1, 0.15) is 16.7 Å². The molecule has 11 nitrogen and oxygen atoms in total. The third-order valence-electron chi connectivity index (χ3n) is 6.73. The first-order valence-electron chi connectivity index (χ1n) is 13.3. The Kier molecular flexibility index (Phi) is 11.5. The first kappa shape index (κ1) is 34.2. The summed E-state index contributed by atoms with van der Waals surface area (Å²) < 4.78 is 83.6. The monoisotopic (exact) mass is 649 g/mol. The Morgan fingerprint density at radius 1 is 0.442 bits per heavy atom. The molecule has 0 saturated heterocycles. The lowest BCUT2D eigenvalue weighted by Gasteiger charge is -2.28.